The van der Waals surface area contributed by atoms with E-state index < -0.39 is 10.8 Å². The smallest absolute Gasteiger partial charge is 0.258 e. The van der Waals surface area contributed by atoms with Crippen molar-refractivity contribution < 1.29 is 4.21 Å². The topological polar surface area (TPSA) is 51.4 Å². The molecule has 0 unspecified atom stereocenters. The molecule has 6 heteroatoms. The molecular weight excluding hydrogens is 376 g/mol. The molecule has 0 N–H and O–H groups in total. The van der Waals surface area contributed by atoms with E-state index in [2.05, 4.69) is 20.9 Å². The molecule has 3 rings (SSSR count). The van der Waals surface area contributed by atoms with E-state index in [1.807, 2.05) is 37.3 Å². The Morgan fingerprint density at radius 1 is 1.17 bits per heavy atom. The maximum Gasteiger partial charge on any atom is 0.258 e. The first-order valence-electron chi connectivity index (χ1n) is 7.10. The molecule has 0 spiro atoms. The van der Waals surface area contributed by atoms with E-state index in [-0.39, 0.29) is 11.3 Å². The molecule has 118 valence electrons. The van der Waals surface area contributed by atoms with Gasteiger partial charge in [-0.15, -0.1) is 0 Å². The first-order valence-corrected chi connectivity index (χ1v) is 9.38. The Morgan fingerprint density at radius 2 is 1.96 bits per heavy atom. The van der Waals surface area contributed by atoms with Gasteiger partial charge in [0.2, 0.25) is 0 Å². The standard InChI is InChI=1S/C17H15BrN2O2S/c1-12-4-2-3-5-13(12)10-23(22)11-15-8-17(21)20-9-14(18)6-7-16(20)19-15/h2-9H,10-11H2,1H3/t23-/m1/s1. The quantitative estimate of drug-likeness (QED) is 0.686. The fourth-order valence-corrected chi connectivity index (χ4v) is 3.95. The van der Waals surface area contributed by atoms with Gasteiger partial charge in [-0.25, -0.2) is 4.98 Å². The average Bonchev–Trinajstić information content (AvgIpc) is 2.50. The largest absolute Gasteiger partial charge is 0.269 e. The van der Waals surface area contributed by atoms with Crippen LogP contribution in [0.15, 0.2) is 57.9 Å². The number of pyridine rings is 1. The van der Waals surface area contributed by atoms with Crippen LogP contribution < -0.4 is 5.56 Å². The Bertz CT molecular complexity index is 953. The number of aromatic nitrogens is 2. The molecule has 0 bridgehead atoms. The van der Waals surface area contributed by atoms with Gasteiger partial charge in [0.15, 0.2) is 0 Å². The van der Waals surface area contributed by atoms with Gasteiger partial charge in [0.25, 0.3) is 5.56 Å². The molecule has 1 aromatic carbocycles. The predicted molar refractivity (Wildman–Crippen MR) is 95.9 cm³/mol. The van der Waals surface area contributed by atoms with E-state index in [1.54, 1.807) is 12.3 Å². The molecule has 0 aliphatic carbocycles. The van der Waals surface area contributed by atoms with Crippen molar-refractivity contribution >= 4 is 32.4 Å². The normalized spacial score (nSPS) is 12.4. The Kier molecular flexibility index (Phi) is 4.73. The number of hydrogen-bond acceptors (Lipinski definition) is 3. The molecule has 0 radical (unpaired) electrons. The van der Waals surface area contributed by atoms with Crippen molar-refractivity contribution in [2.75, 3.05) is 0 Å². The van der Waals surface area contributed by atoms with Crippen LogP contribution in [0.4, 0.5) is 0 Å². The number of hydrogen-bond donors (Lipinski definition) is 0. The van der Waals surface area contributed by atoms with Crippen LogP contribution in [0.1, 0.15) is 16.8 Å². The van der Waals surface area contributed by atoms with Crippen molar-refractivity contribution in [3.05, 3.63) is 80.3 Å². The fourth-order valence-electron chi connectivity index (χ4n) is 2.36. The van der Waals surface area contributed by atoms with Gasteiger partial charge in [0.1, 0.15) is 5.65 Å². The minimum absolute atomic E-state index is 0.167. The first kappa shape index (κ1) is 16.1. The summed E-state index contributed by atoms with van der Waals surface area (Å²) < 4.78 is 14.7. The van der Waals surface area contributed by atoms with Crippen LogP contribution in [-0.2, 0) is 22.3 Å². The van der Waals surface area contributed by atoms with Crippen molar-refractivity contribution in [3.63, 3.8) is 0 Å². The molecule has 0 aliphatic heterocycles. The second kappa shape index (κ2) is 6.76. The number of benzene rings is 1. The highest BCUT2D eigenvalue weighted by molar-refractivity contribution is 9.10. The number of halogens is 1. The zero-order valence-corrected chi connectivity index (χ0v) is 14.9. The zero-order chi connectivity index (χ0) is 16.4. The molecule has 3 aromatic rings. The molecular formula is C17H15BrN2O2S. The number of aryl methyl sites for hydroxylation is 1. The van der Waals surface area contributed by atoms with Crippen molar-refractivity contribution in [3.8, 4) is 0 Å². The molecule has 0 saturated heterocycles. The molecule has 1 atom stereocenters. The van der Waals surface area contributed by atoms with E-state index >= 15 is 0 Å². The van der Waals surface area contributed by atoms with Crippen molar-refractivity contribution in [2.24, 2.45) is 0 Å². The van der Waals surface area contributed by atoms with Gasteiger partial charge in [-0.05, 0) is 46.1 Å². The van der Waals surface area contributed by atoms with Crippen LogP contribution in [0.3, 0.4) is 0 Å². The van der Waals surface area contributed by atoms with E-state index in [0.29, 0.717) is 17.1 Å². The minimum Gasteiger partial charge on any atom is -0.269 e. The second-order valence-corrected chi connectivity index (χ2v) is 7.69. The number of fused-ring (bicyclic) bond motifs is 1. The third-order valence-corrected chi connectivity index (χ3v) is 5.28. The minimum atomic E-state index is -1.11. The predicted octanol–water partition coefficient (Wildman–Crippen LogP) is 3.21. The lowest BCUT2D eigenvalue weighted by molar-refractivity contribution is 0.681. The Morgan fingerprint density at radius 3 is 2.74 bits per heavy atom. The van der Waals surface area contributed by atoms with Crippen molar-refractivity contribution in [1.29, 1.82) is 0 Å². The Labute approximate surface area is 144 Å². The first-order chi connectivity index (χ1) is 11.0. The van der Waals surface area contributed by atoms with Crippen LogP contribution in [0.5, 0.6) is 0 Å². The molecule has 0 fully saturated rings. The summed E-state index contributed by atoms with van der Waals surface area (Å²) in [6.07, 6.45) is 1.68. The summed E-state index contributed by atoms with van der Waals surface area (Å²) in [4.78, 5) is 16.6. The van der Waals surface area contributed by atoms with Crippen LogP contribution in [0.2, 0.25) is 0 Å². The van der Waals surface area contributed by atoms with Crippen LogP contribution in [-0.4, -0.2) is 13.6 Å². The molecule has 0 aliphatic rings. The maximum absolute atomic E-state index is 12.4. The van der Waals surface area contributed by atoms with Crippen LogP contribution >= 0.6 is 15.9 Å². The highest BCUT2D eigenvalue weighted by Gasteiger charge is 2.09. The van der Waals surface area contributed by atoms with Gasteiger partial charge in [-0.2, -0.15) is 0 Å². The summed E-state index contributed by atoms with van der Waals surface area (Å²) >= 11 is 3.33. The lowest BCUT2D eigenvalue weighted by Gasteiger charge is -2.07. The summed E-state index contributed by atoms with van der Waals surface area (Å²) in [6, 6.07) is 12.9. The SMILES string of the molecule is Cc1ccccc1C[S@@](=O)Cc1cc(=O)n2cc(Br)ccc2n1. The van der Waals surface area contributed by atoms with Gasteiger partial charge < -0.3 is 0 Å². The fraction of sp³-hybridized carbons (Fsp3) is 0.176. The average molecular weight is 391 g/mol. The third kappa shape index (κ3) is 3.76. The summed E-state index contributed by atoms with van der Waals surface area (Å²) in [6.45, 7) is 2.01. The summed E-state index contributed by atoms with van der Waals surface area (Å²) in [7, 11) is -1.11. The van der Waals surface area contributed by atoms with E-state index in [1.165, 1.54) is 10.5 Å². The van der Waals surface area contributed by atoms with Gasteiger partial charge in [0.05, 0.1) is 11.4 Å². The maximum atomic E-state index is 12.4. The molecule has 4 nitrogen and oxygen atoms in total. The Balaban J connectivity index is 1.84. The lowest BCUT2D eigenvalue weighted by Crippen LogP contribution is -2.16. The highest BCUT2D eigenvalue weighted by atomic mass is 79.9. The zero-order valence-electron chi connectivity index (χ0n) is 12.5. The van der Waals surface area contributed by atoms with Crippen molar-refractivity contribution in [1.82, 2.24) is 9.38 Å². The molecule has 2 heterocycles. The van der Waals surface area contributed by atoms with E-state index in [4.69, 9.17) is 0 Å². The molecule has 2 aromatic heterocycles. The monoisotopic (exact) mass is 390 g/mol. The van der Waals surface area contributed by atoms with Gasteiger partial charge in [-0.1, -0.05) is 24.3 Å². The second-order valence-electron chi connectivity index (χ2n) is 5.32. The highest BCUT2D eigenvalue weighted by Crippen LogP contribution is 2.13. The van der Waals surface area contributed by atoms with Crippen molar-refractivity contribution in [2.45, 2.75) is 18.4 Å². The van der Waals surface area contributed by atoms with E-state index in [0.717, 1.165) is 15.6 Å². The summed E-state index contributed by atoms with van der Waals surface area (Å²) in [5, 5.41) is 0. The summed E-state index contributed by atoms with van der Waals surface area (Å²) in [5.41, 5.74) is 3.14. The van der Waals surface area contributed by atoms with Crippen LogP contribution in [0, 0.1) is 6.92 Å². The molecule has 0 amide bonds. The lowest BCUT2D eigenvalue weighted by atomic mass is 10.1. The molecule has 23 heavy (non-hydrogen) atoms. The number of nitrogens with zero attached hydrogens (tertiary/aromatic N) is 2. The van der Waals surface area contributed by atoms with E-state index in [9.17, 15) is 9.00 Å². The molecule has 0 saturated carbocycles. The van der Waals surface area contributed by atoms with Gasteiger partial charge in [0, 0.05) is 33.3 Å². The van der Waals surface area contributed by atoms with Gasteiger partial charge >= 0.3 is 0 Å². The van der Waals surface area contributed by atoms with Crippen LogP contribution in [0.25, 0.3) is 5.65 Å². The third-order valence-electron chi connectivity index (χ3n) is 3.56. The Hall–Kier alpha value is -1.79. The number of rotatable bonds is 4. The summed E-state index contributed by atoms with van der Waals surface area (Å²) in [5.74, 6) is 0.740. The van der Waals surface area contributed by atoms with Gasteiger partial charge in [-0.3, -0.25) is 13.4 Å².